The van der Waals surface area contributed by atoms with E-state index in [9.17, 15) is 18.0 Å². The number of carbonyl (C=O) groups excluding carboxylic acids is 1. The summed E-state index contributed by atoms with van der Waals surface area (Å²) < 4.78 is 39.2. The Morgan fingerprint density at radius 2 is 1.97 bits per heavy atom. The van der Waals surface area contributed by atoms with Gasteiger partial charge in [0.1, 0.15) is 0 Å². The zero-order valence-corrected chi connectivity index (χ0v) is 16.7. The summed E-state index contributed by atoms with van der Waals surface area (Å²) in [6, 6.07) is 8.75. The average molecular weight is 426 g/mol. The Kier molecular flexibility index (Phi) is 5.97. The minimum absolute atomic E-state index is 0.00940. The van der Waals surface area contributed by atoms with Gasteiger partial charge in [-0.1, -0.05) is 18.2 Å². The molecule has 0 radical (unpaired) electrons. The van der Waals surface area contributed by atoms with Gasteiger partial charge >= 0.3 is 6.18 Å². The first-order valence-corrected chi connectivity index (χ1v) is 10.1. The molecule has 0 unspecified atom stereocenters. The summed E-state index contributed by atoms with van der Waals surface area (Å²) in [5, 5.41) is 0. The first kappa shape index (κ1) is 21.0. The quantitative estimate of drug-likeness (QED) is 0.616. The van der Waals surface area contributed by atoms with E-state index in [1.807, 2.05) is 11.0 Å². The van der Waals surface area contributed by atoms with Gasteiger partial charge in [-0.25, -0.2) is 4.98 Å². The summed E-state index contributed by atoms with van der Waals surface area (Å²) in [5.41, 5.74) is 1.59. The van der Waals surface area contributed by atoms with Crippen LogP contribution in [0.4, 0.5) is 13.2 Å². The molecule has 0 saturated carbocycles. The van der Waals surface area contributed by atoms with Gasteiger partial charge in [-0.3, -0.25) is 14.8 Å². The fraction of sp³-hybridized carbons (Fsp3) is 0.304. The van der Waals surface area contributed by atoms with Crippen molar-refractivity contribution < 1.29 is 18.0 Å². The number of hydrogen-bond acceptors (Lipinski definition) is 4. The maximum absolute atomic E-state index is 13.1. The topological polar surface area (TPSA) is 59.0 Å². The van der Waals surface area contributed by atoms with Crippen molar-refractivity contribution in [2.75, 3.05) is 13.1 Å². The van der Waals surface area contributed by atoms with E-state index in [1.54, 1.807) is 30.7 Å². The third-order valence-corrected chi connectivity index (χ3v) is 5.41. The number of halogens is 3. The van der Waals surface area contributed by atoms with Gasteiger partial charge < -0.3 is 4.90 Å². The van der Waals surface area contributed by atoms with Crippen LogP contribution in [0, 0.1) is 0 Å². The van der Waals surface area contributed by atoms with Gasteiger partial charge in [-0.2, -0.15) is 13.2 Å². The number of piperidine rings is 1. The predicted octanol–water partition coefficient (Wildman–Crippen LogP) is 4.51. The van der Waals surface area contributed by atoms with E-state index in [1.165, 1.54) is 12.3 Å². The molecular weight excluding hydrogens is 405 g/mol. The minimum atomic E-state index is -4.42. The third kappa shape index (κ3) is 5.07. The number of rotatable bonds is 4. The first-order chi connectivity index (χ1) is 14.9. The molecule has 1 aromatic carbocycles. The lowest BCUT2D eigenvalue weighted by molar-refractivity contribution is -0.137. The molecule has 1 fully saturated rings. The summed E-state index contributed by atoms with van der Waals surface area (Å²) in [6.07, 6.45) is 4.00. The van der Waals surface area contributed by atoms with E-state index >= 15 is 0 Å². The molecule has 1 aliphatic rings. The number of pyridine rings is 1. The van der Waals surface area contributed by atoms with Crippen LogP contribution in [-0.4, -0.2) is 38.8 Å². The van der Waals surface area contributed by atoms with Crippen LogP contribution in [0.25, 0.3) is 11.3 Å². The van der Waals surface area contributed by atoms with E-state index in [2.05, 4.69) is 15.0 Å². The van der Waals surface area contributed by atoms with Crippen molar-refractivity contribution >= 4 is 5.91 Å². The zero-order valence-electron chi connectivity index (χ0n) is 16.7. The maximum atomic E-state index is 13.1. The molecule has 1 saturated heterocycles. The highest BCUT2D eigenvalue weighted by Crippen LogP contribution is 2.32. The van der Waals surface area contributed by atoms with Crippen molar-refractivity contribution in [3.63, 3.8) is 0 Å². The van der Waals surface area contributed by atoms with E-state index in [4.69, 9.17) is 0 Å². The summed E-state index contributed by atoms with van der Waals surface area (Å²) in [7, 11) is 0. The lowest BCUT2D eigenvalue weighted by Gasteiger charge is -2.32. The Bertz CT molecular complexity index is 1060. The molecule has 1 atom stereocenters. The van der Waals surface area contributed by atoms with Gasteiger partial charge in [0.2, 0.25) is 5.91 Å². The number of hydrogen-bond donors (Lipinski definition) is 0. The van der Waals surface area contributed by atoms with Gasteiger partial charge in [-0.15, -0.1) is 0 Å². The lowest BCUT2D eigenvalue weighted by atomic mass is 9.94. The molecule has 1 aliphatic heterocycles. The van der Waals surface area contributed by atoms with E-state index < -0.39 is 11.7 Å². The second kappa shape index (κ2) is 8.83. The second-order valence-corrected chi connectivity index (χ2v) is 7.62. The van der Waals surface area contributed by atoms with Crippen LogP contribution in [0.3, 0.4) is 0 Å². The first-order valence-electron chi connectivity index (χ1n) is 10.1. The van der Waals surface area contributed by atoms with Crippen molar-refractivity contribution in [1.29, 1.82) is 0 Å². The van der Waals surface area contributed by atoms with Crippen molar-refractivity contribution in [3.05, 3.63) is 78.0 Å². The zero-order chi connectivity index (χ0) is 21.8. The number of benzene rings is 1. The third-order valence-electron chi connectivity index (χ3n) is 5.41. The number of amides is 1. The summed E-state index contributed by atoms with van der Waals surface area (Å²) in [4.78, 5) is 27.4. The number of likely N-dealkylation sites (tertiary alicyclic amines) is 1. The molecule has 3 aromatic rings. The van der Waals surface area contributed by atoms with Gasteiger partial charge in [0, 0.05) is 43.2 Å². The molecule has 160 valence electrons. The molecule has 4 rings (SSSR count). The molecule has 1 amide bonds. The molecular formula is C23H21F3N4O. The van der Waals surface area contributed by atoms with Crippen molar-refractivity contribution in [2.45, 2.75) is 31.4 Å². The molecule has 31 heavy (non-hydrogen) atoms. The van der Waals surface area contributed by atoms with Crippen LogP contribution in [0.1, 0.15) is 35.6 Å². The van der Waals surface area contributed by atoms with Gasteiger partial charge in [0.25, 0.3) is 0 Å². The monoisotopic (exact) mass is 426 g/mol. The second-order valence-electron chi connectivity index (χ2n) is 7.62. The Hall–Kier alpha value is -3.29. The standard InChI is InChI=1S/C23H21F3N4O/c24-23(25,26)19-7-1-5-17(11-19)20-13-28-14-21(29-20)18-6-3-9-30(15-18)22(31)10-16-4-2-8-27-12-16/h1-2,4-5,7-8,11-14,18H,3,6,9-10,15H2/t18-/m1/s1. The highest BCUT2D eigenvalue weighted by Gasteiger charge is 2.31. The van der Waals surface area contributed by atoms with Crippen molar-refractivity contribution in [2.24, 2.45) is 0 Å². The Labute approximate surface area is 178 Å². The Morgan fingerprint density at radius 3 is 2.74 bits per heavy atom. The van der Waals surface area contributed by atoms with E-state index in [0.29, 0.717) is 30.0 Å². The largest absolute Gasteiger partial charge is 0.416 e. The number of nitrogens with zero attached hydrogens (tertiary/aromatic N) is 4. The molecule has 8 heteroatoms. The number of carbonyl (C=O) groups is 1. The van der Waals surface area contributed by atoms with Crippen molar-refractivity contribution in [3.8, 4) is 11.3 Å². The Morgan fingerprint density at radius 1 is 1.10 bits per heavy atom. The van der Waals surface area contributed by atoms with Gasteiger partial charge in [0.05, 0.1) is 29.6 Å². The van der Waals surface area contributed by atoms with E-state index in [-0.39, 0.29) is 18.2 Å². The molecule has 0 N–H and O–H groups in total. The highest BCUT2D eigenvalue weighted by atomic mass is 19.4. The minimum Gasteiger partial charge on any atom is -0.342 e. The molecule has 2 aromatic heterocycles. The molecule has 3 heterocycles. The van der Waals surface area contributed by atoms with Crippen LogP contribution >= 0.6 is 0 Å². The summed E-state index contributed by atoms with van der Waals surface area (Å²) in [6.45, 7) is 1.19. The Balaban J connectivity index is 1.50. The van der Waals surface area contributed by atoms with Crippen molar-refractivity contribution in [1.82, 2.24) is 19.9 Å². The summed E-state index contributed by atoms with van der Waals surface area (Å²) in [5.74, 6) is 0.0181. The molecule has 0 bridgehead atoms. The van der Waals surface area contributed by atoms with E-state index in [0.717, 1.165) is 30.5 Å². The van der Waals surface area contributed by atoms with Crippen LogP contribution in [-0.2, 0) is 17.4 Å². The van der Waals surface area contributed by atoms with Gasteiger partial charge in [-0.05, 0) is 36.6 Å². The van der Waals surface area contributed by atoms with Gasteiger partial charge in [0.15, 0.2) is 0 Å². The SMILES string of the molecule is O=C(Cc1cccnc1)N1CCC[C@@H](c2cncc(-c3cccc(C(F)(F)F)c3)n2)C1. The highest BCUT2D eigenvalue weighted by molar-refractivity contribution is 5.78. The smallest absolute Gasteiger partial charge is 0.342 e. The summed E-state index contributed by atoms with van der Waals surface area (Å²) >= 11 is 0. The molecule has 0 spiro atoms. The molecule has 0 aliphatic carbocycles. The fourth-order valence-corrected chi connectivity index (χ4v) is 3.81. The predicted molar refractivity (Wildman–Crippen MR) is 109 cm³/mol. The maximum Gasteiger partial charge on any atom is 0.416 e. The number of aromatic nitrogens is 3. The van der Waals surface area contributed by atoms with Crippen LogP contribution < -0.4 is 0 Å². The normalized spacial score (nSPS) is 16.9. The van der Waals surface area contributed by atoms with Crippen LogP contribution in [0.2, 0.25) is 0 Å². The van der Waals surface area contributed by atoms with Crippen LogP contribution in [0.5, 0.6) is 0 Å². The fourth-order valence-electron chi connectivity index (χ4n) is 3.81. The molecule has 5 nitrogen and oxygen atoms in total. The van der Waals surface area contributed by atoms with Crippen LogP contribution in [0.15, 0.2) is 61.2 Å². The lowest BCUT2D eigenvalue weighted by Crippen LogP contribution is -2.40. The number of alkyl halides is 3. The average Bonchev–Trinajstić information content (AvgIpc) is 2.79.